The molecule has 0 aliphatic carbocycles. The fourth-order valence-corrected chi connectivity index (χ4v) is 1.88. The Bertz CT molecular complexity index is 467. The Balaban J connectivity index is 3.01. The molecule has 100 valence electrons. The molecule has 1 heterocycles. The third-order valence-electron chi connectivity index (χ3n) is 2.52. The van der Waals surface area contributed by atoms with E-state index in [1.165, 1.54) is 4.68 Å². The Morgan fingerprint density at radius 1 is 1.50 bits per heavy atom. The van der Waals surface area contributed by atoms with Gasteiger partial charge in [-0.3, -0.25) is 9.48 Å². The number of nitrogens with one attached hydrogen (secondary N) is 1. The van der Waals surface area contributed by atoms with Crippen LogP contribution in [0.4, 0.5) is 5.82 Å². The maximum atomic E-state index is 11.5. The summed E-state index contributed by atoms with van der Waals surface area (Å²) in [6, 6.07) is 0. The molecule has 7 nitrogen and oxygen atoms in total. The van der Waals surface area contributed by atoms with Gasteiger partial charge in [-0.05, 0) is 13.8 Å². The number of carbonyl (C=O) groups excluding carboxylic acids is 1. The Morgan fingerprint density at radius 3 is 2.61 bits per heavy atom. The van der Waals surface area contributed by atoms with E-state index in [1.54, 1.807) is 25.9 Å². The number of likely N-dealkylation sites (N-methyl/N-ethyl adjacent to an activating group) is 2. The molecule has 0 radical (unpaired) electrons. The van der Waals surface area contributed by atoms with Gasteiger partial charge in [-0.25, -0.2) is 4.79 Å². The van der Waals surface area contributed by atoms with E-state index in [9.17, 15) is 9.59 Å². The summed E-state index contributed by atoms with van der Waals surface area (Å²) in [6.07, 6.45) is 0. The second-order valence-corrected chi connectivity index (χ2v) is 4.02. The zero-order valence-corrected chi connectivity index (χ0v) is 11.0. The first-order chi connectivity index (χ1) is 8.38. The molecule has 7 heteroatoms. The van der Waals surface area contributed by atoms with Crippen molar-refractivity contribution in [3.05, 3.63) is 11.3 Å². The van der Waals surface area contributed by atoms with Crippen LogP contribution in [-0.2, 0) is 11.8 Å². The summed E-state index contributed by atoms with van der Waals surface area (Å²) in [5, 5.41) is 15.9. The lowest BCUT2D eigenvalue weighted by atomic mass is 10.2. The number of carboxylic acids is 1. The van der Waals surface area contributed by atoms with Crippen molar-refractivity contribution in [2.45, 2.75) is 13.8 Å². The second-order valence-electron chi connectivity index (χ2n) is 4.02. The highest BCUT2D eigenvalue weighted by Crippen LogP contribution is 2.21. The van der Waals surface area contributed by atoms with Crippen LogP contribution in [0.5, 0.6) is 0 Å². The number of carbonyl (C=O) groups is 2. The van der Waals surface area contributed by atoms with E-state index in [2.05, 4.69) is 10.4 Å². The van der Waals surface area contributed by atoms with Gasteiger partial charge in [-0.2, -0.15) is 5.10 Å². The normalized spacial score (nSPS) is 10.2. The van der Waals surface area contributed by atoms with Crippen LogP contribution in [0.25, 0.3) is 0 Å². The monoisotopic (exact) mass is 254 g/mol. The zero-order valence-electron chi connectivity index (χ0n) is 11.0. The van der Waals surface area contributed by atoms with E-state index in [0.29, 0.717) is 18.1 Å². The molecule has 1 aromatic rings. The minimum Gasteiger partial charge on any atom is -0.477 e. The number of aryl methyl sites for hydroxylation is 2. The minimum absolute atomic E-state index is 0.0904. The van der Waals surface area contributed by atoms with E-state index in [0.717, 1.165) is 0 Å². The highest BCUT2D eigenvalue weighted by Gasteiger charge is 2.23. The van der Waals surface area contributed by atoms with Gasteiger partial charge < -0.3 is 15.3 Å². The molecule has 18 heavy (non-hydrogen) atoms. The molecule has 1 rings (SSSR count). The van der Waals surface area contributed by atoms with Crippen LogP contribution >= 0.6 is 0 Å². The van der Waals surface area contributed by atoms with E-state index >= 15 is 0 Å². The fourth-order valence-electron chi connectivity index (χ4n) is 1.88. The predicted molar refractivity (Wildman–Crippen MR) is 66.9 cm³/mol. The smallest absolute Gasteiger partial charge is 0.341 e. The van der Waals surface area contributed by atoms with E-state index in [4.69, 9.17) is 5.11 Å². The molecular weight excluding hydrogens is 236 g/mol. The van der Waals surface area contributed by atoms with Crippen molar-refractivity contribution in [1.82, 2.24) is 15.1 Å². The molecule has 0 bridgehead atoms. The molecule has 0 atom stereocenters. The summed E-state index contributed by atoms with van der Waals surface area (Å²) in [4.78, 5) is 24.3. The van der Waals surface area contributed by atoms with Crippen LogP contribution < -0.4 is 10.2 Å². The maximum Gasteiger partial charge on any atom is 0.341 e. The van der Waals surface area contributed by atoms with Gasteiger partial charge in [0.2, 0.25) is 5.91 Å². The topological polar surface area (TPSA) is 87.5 Å². The first-order valence-corrected chi connectivity index (χ1v) is 5.63. The van der Waals surface area contributed by atoms with Crippen LogP contribution in [0.3, 0.4) is 0 Å². The molecule has 0 aromatic carbocycles. The average Bonchev–Trinajstić information content (AvgIpc) is 2.53. The highest BCUT2D eigenvalue weighted by molar-refractivity contribution is 5.95. The van der Waals surface area contributed by atoms with Gasteiger partial charge in [0.05, 0.1) is 12.2 Å². The lowest BCUT2D eigenvalue weighted by molar-refractivity contribution is -0.119. The van der Waals surface area contributed by atoms with Gasteiger partial charge in [-0.1, -0.05) is 0 Å². The Morgan fingerprint density at radius 2 is 2.11 bits per heavy atom. The van der Waals surface area contributed by atoms with Crippen LogP contribution in [-0.4, -0.2) is 46.9 Å². The quantitative estimate of drug-likeness (QED) is 0.772. The first kappa shape index (κ1) is 14.0. The summed E-state index contributed by atoms with van der Waals surface area (Å²) in [7, 11) is 3.32. The molecule has 0 spiro atoms. The van der Waals surface area contributed by atoms with Crippen LogP contribution in [0, 0.1) is 6.92 Å². The Hall–Kier alpha value is -2.05. The number of aromatic nitrogens is 2. The molecule has 0 saturated carbocycles. The van der Waals surface area contributed by atoms with Crippen LogP contribution in [0.2, 0.25) is 0 Å². The lowest BCUT2D eigenvalue weighted by Gasteiger charge is -2.19. The SMILES string of the molecule is CCNC(=O)CN(C)c1c(C(=O)O)c(C)nn1C. The number of aromatic carboxylic acids is 1. The summed E-state index contributed by atoms with van der Waals surface area (Å²) in [5.74, 6) is -0.778. The molecular formula is C11H18N4O3. The van der Waals surface area contributed by atoms with Crippen molar-refractivity contribution in [3.63, 3.8) is 0 Å². The lowest BCUT2D eigenvalue weighted by Crippen LogP contribution is -2.36. The van der Waals surface area contributed by atoms with Gasteiger partial charge in [0.25, 0.3) is 0 Å². The molecule has 0 saturated heterocycles. The molecule has 0 unspecified atom stereocenters. The van der Waals surface area contributed by atoms with Gasteiger partial charge in [0.15, 0.2) is 0 Å². The van der Waals surface area contributed by atoms with Crippen LogP contribution in [0.1, 0.15) is 23.0 Å². The second kappa shape index (κ2) is 5.52. The molecule has 0 aliphatic rings. The van der Waals surface area contributed by atoms with Crippen LogP contribution in [0.15, 0.2) is 0 Å². The number of hydrogen-bond acceptors (Lipinski definition) is 4. The number of rotatable bonds is 5. The molecule has 1 amide bonds. The maximum absolute atomic E-state index is 11.5. The number of nitrogens with zero attached hydrogens (tertiary/aromatic N) is 3. The fraction of sp³-hybridized carbons (Fsp3) is 0.545. The summed E-state index contributed by atoms with van der Waals surface area (Å²) in [6.45, 7) is 4.09. The van der Waals surface area contributed by atoms with Crippen molar-refractivity contribution in [3.8, 4) is 0 Å². The highest BCUT2D eigenvalue weighted by atomic mass is 16.4. The third kappa shape index (κ3) is 2.79. The first-order valence-electron chi connectivity index (χ1n) is 5.63. The molecule has 2 N–H and O–H groups in total. The number of anilines is 1. The Labute approximate surface area is 105 Å². The minimum atomic E-state index is -1.04. The predicted octanol–water partition coefficient (Wildman–Crippen LogP) is -0.000980. The third-order valence-corrected chi connectivity index (χ3v) is 2.52. The van der Waals surface area contributed by atoms with Gasteiger partial charge in [-0.15, -0.1) is 0 Å². The average molecular weight is 254 g/mol. The van der Waals surface area contributed by atoms with Gasteiger partial charge in [0, 0.05) is 20.6 Å². The van der Waals surface area contributed by atoms with E-state index in [1.807, 2.05) is 6.92 Å². The van der Waals surface area contributed by atoms with Crippen molar-refractivity contribution >= 4 is 17.7 Å². The number of carboxylic acid groups (broad SMARTS) is 1. The van der Waals surface area contributed by atoms with Gasteiger partial charge in [0.1, 0.15) is 11.4 Å². The number of amides is 1. The molecule has 0 fully saturated rings. The van der Waals surface area contributed by atoms with E-state index in [-0.39, 0.29) is 18.0 Å². The Kier molecular flexibility index (Phi) is 4.30. The molecule has 0 aliphatic heterocycles. The number of hydrogen-bond donors (Lipinski definition) is 2. The van der Waals surface area contributed by atoms with Crippen molar-refractivity contribution in [2.24, 2.45) is 7.05 Å². The van der Waals surface area contributed by atoms with E-state index < -0.39 is 5.97 Å². The summed E-state index contributed by atoms with van der Waals surface area (Å²) < 4.78 is 1.47. The van der Waals surface area contributed by atoms with Crippen molar-refractivity contribution in [1.29, 1.82) is 0 Å². The summed E-state index contributed by atoms with van der Waals surface area (Å²) >= 11 is 0. The summed E-state index contributed by atoms with van der Waals surface area (Å²) in [5.41, 5.74) is 0.562. The van der Waals surface area contributed by atoms with Crippen molar-refractivity contribution in [2.75, 3.05) is 25.0 Å². The zero-order chi connectivity index (χ0) is 13.9. The molecule has 1 aromatic heterocycles. The van der Waals surface area contributed by atoms with Gasteiger partial charge >= 0.3 is 5.97 Å². The van der Waals surface area contributed by atoms with Crippen molar-refractivity contribution < 1.29 is 14.7 Å². The standard InChI is InChI=1S/C11H18N4O3/c1-5-12-8(16)6-14(3)10-9(11(17)18)7(2)13-15(10)4/h5-6H2,1-4H3,(H,12,16)(H,17,18). The largest absolute Gasteiger partial charge is 0.477 e.